The lowest BCUT2D eigenvalue weighted by molar-refractivity contribution is 0.0385. The highest BCUT2D eigenvalue weighted by Crippen LogP contribution is 2.31. The maximum absolute atomic E-state index is 12.9. The average Bonchev–Trinajstić information content (AvgIpc) is 3.10. The van der Waals surface area contributed by atoms with Crippen molar-refractivity contribution in [3.63, 3.8) is 0 Å². The molecule has 1 amide bonds. The number of hydrogen-bond acceptors (Lipinski definition) is 4. The number of benzene rings is 2. The first-order chi connectivity index (χ1) is 15.8. The molecule has 0 bridgehead atoms. The summed E-state index contributed by atoms with van der Waals surface area (Å²) in [6.45, 7) is 7.22. The average molecular weight is 551 g/mol. The number of carbonyl (C=O) groups excluding carboxylic acids is 1. The molecule has 0 spiro atoms. The second kappa shape index (κ2) is 10.1. The number of aromatic nitrogens is 1. The number of nitrogens with zero attached hydrogens (tertiary/aromatic N) is 3. The Kier molecular flexibility index (Phi) is 7.79. The number of hydrogen-bond donors (Lipinski definition) is 0. The van der Waals surface area contributed by atoms with Gasteiger partial charge in [0.15, 0.2) is 0 Å². The van der Waals surface area contributed by atoms with Gasteiger partial charge in [-0.2, -0.15) is 17.0 Å². The first kappa shape index (κ1) is 26.2. The van der Waals surface area contributed by atoms with Crippen LogP contribution in [0.2, 0.25) is 0 Å². The largest absolute Gasteiger partial charge is 0.443 e. The van der Waals surface area contributed by atoms with Crippen LogP contribution in [0.1, 0.15) is 44.9 Å². The van der Waals surface area contributed by atoms with Crippen molar-refractivity contribution in [1.82, 2.24) is 13.2 Å². The standard InChI is InChI=1S/C25H32BrN3O4S/c1-18(19-10-8-7-9-11-19)28-17-20(22-13-12-21(26)16-23(22)28)14-15-29(34(31,32)27(5)6)24(30)33-25(2,3)4/h7-13,16-18H,14-15H2,1-6H3. The number of amides is 1. The lowest BCUT2D eigenvalue weighted by Crippen LogP contribution is -2.46. The summed E-state index contributed by atoms with van der Waals surface area (Å²) >= 11 is 3.56. The Morgan fingerprint density at radius 1 is 1.12 bits per heavy atom. The molecule has 0 aliphatic heterocycles. The Bertz CT molecular complexity index is 1260. The van der Waals surface area contributed by atoms with Crippen LogP contribution in [0.25, 0.3) is 10.9 Å². The monoisotopic (exact) mass is 549 g/mol. The highest BCUT2D eigenvalue weighted by molar-refractivity contribution is 9.10. The molecule has 34 heavy (non-hydrogen) atoms. The number of rotatable bonds is 7. The molecule has 7 nitrogen and oxygen atoms in total. The van der Waals surface area contributed by atoms with E-state index < -0.39 is 21.9 Å². The zero-order valence-electron chi connectivity index (χ0n) is 20.4. The van der Waals surface area contributed by atoms with Crippen LogP contribution in [-0.2, 0) is 21.4 Å². The van der Waals surface area contributed by atoms with Crippen LogP contribution in [0.3, 0.4) is 0 Å². The van der Waals surface area contributed by atoms with Gasteiger partial charge in [0.2, 0.25) is 0 Å². The smallest absolute Gasteiger partial charge is 0.425 e. The van der Waals surface area contributed by atoms with E-state index in [4.69, 9.17) is 4.74 Å². The quantitative estimate of drug-likeness (QED) is 0.384. The van der Waals surface area contributed by atoms with Gasteiger partial charge < -0.3 is 9.30 Å². The van der Waals surface area contributed by atoms with Crippen LogP contribution in [0.5, 0.6) is 0 Å². The van der Waals surface area contributed by atoms with Crippen LogP contribution < -0.4 is 0 Å². The number of fused-ring (bicyclic) bond motifs is 1. The van der Waals surface area contributed by atoms with Gasteiger partial charge in [-0.05, 0) is 57.4 Å². The van der Waals surface area contributed by atoms with Crippen LogP contribution >= 0.6 is 15.9 Å². The summed E-state index contributed by atoms with van der Waals surface area (Å²) in [7, 11) is -1.21. The molecule has 9 heteroatoms. The Morgan fingerprint density at radius 2 is 1.76 bits per heavy atom. The van der Waals surface area contributed by atoms with Gasteiger partial charge in [0, 0.05) is 42.2 Å². The number of halogens is 1. The molecular formula is C25H32BrN3O4S. The van der Waals surface area contributed by atoms with E-state index in [1.807, 2.05) is 36.5 Å². The van der Waals surface area contributed by atoms with Gasteiger partial charge in [-0.25, -0.2) is 4.79 Å². The molecule has 3 rings (SSSR count). The highest BCUT2D eigenvalue weighted by atomic mass is 79.9. The van der Waals surface area contributed by atoms with Crippen LogP contribution in [-0.4, -0.2) is 53.9 Å². The van der Waals surface area contributed by atoms with E-state index >= 15 is 0 Å². The predicted octanol–water partition coefficient (Wildman–Crippen LogP) is 5.60. The lowest BCUT2D eigenvalue weighted by Gasteiger charge is -2.28. The number of ether oxygens (including phenoxy) is 1. The Labute approximate surface area is 210 Å². The maximum atomic E-state index is 12.9. The van der Waals surface area contributed by atoms with E-state index in [2.05, 4.69) is 45.6 Å². The van der Waals surface area contributed by atoms with Crippen LogP contribution in [0.15, 0.2) is 59.2 Å². The van der Waals surface area contributed by atoms with E-state index in [0.29, 0.717) is 6.42 Å². The van der Waals surface area contributed by atoms with Gasteiger partial charge in [-0.15, -0.1) is 0 Å². The molecule has 1 unspecified atom stereocenters. The van der Waals surface area contributed by atoms with E-state index in [1.54, 1.807) is 20.8 Å². The summed E-state index contributed by atoms with van der Waals surface area (Å²) in [5.41, 5.74) is 2.33. The van der Waals surface area contributed by atoms with Crippen molar-refractivity contribution < 1.29 is 17.9 Å². The molecule has 3 aromatic rings. The maximum Gasteiger partial charge on any atom is 0.425 e. The van der Waals surface area contributed by atoms with E-state index in [-0.39, 0.29) is 12.6 Å². The van der Waals surface area contributed by atoms with Crippen LogP contribution in [0, 0.1) is 0 Å². The zero-order valence-corrected chi connectivity index (χ0v) is 22.9. The Morgan fingerprint density at radius 3 is 2.35 bits per heavy atom. The minimum absolute atomic E-state index is 0.0374. The summed E-state index contributed by atoms with van der Waals surface area (Å²) in [4.78, 5) is 12.8. The minimum Gasteiger partial charge on any atom is -0.443 e. The van der Waals surface area contributed by atoms with Gasteiger partial charge >= 0.3 is 16.3 Å². The summed E-state index contributed by atoms with van der Waals surface area (Å²) < 4.78 is 36.2. The first-order valence-corrected chi connectivity index (χ1v) is 13.3. The molecule has 0 N–H and O–H groups in total. The zero-order chi connectivity index (χ0) is 25.3. The molecule has 0 aliphatic carbocycles. The normalized spacial score (nSPS) is 13.3. The van der Waals surface area contributed by atoms with E-state index in [1.165, 1.54) is 14.1 Å². The summed E-state index contributed by atoms with van der Waals surface area (Å²) in [5.74, 6) is 0. The molecule has 2 aromatic carbocycles. The van der Waals surface area contributed by atoms with E-state index in [0.717, 1.165) is 35.1 Å². The van der Waals surface area contributed by atoms with Crippen molar-refractivity contribution >= 4 is 43.1 Å². The van der Waals surface area contributed by atoms with Crippen molar-refractivity contribution in [2.24, 2.45) is 0 Å². The van der Waals surface area contributed by atoms with Crippen molar-refractivity contribution in [3.8, 4) is 0 Å². The Hall–Kier alpha value is -2.36. The molecule has 1 heterocycles. The molecule has 184 valence electrons. The molecule has 0 saturated heterocycles. The fourth-order valence-corrected chi connectivity index (χ4v) is 5.03. The predicted molar refractivity (Wildman–Crippen MR) is 139 cm³/mol. The van der Waals surface area contributed by atoms with Gasteiger partial charge in [0.05, 0.1) is 6.04 Å². The summed E-state index contributed by atoms with van der Waals surface area (Å²) in [5, 5.41) is 1.01. The minimum atomic E-state index is -4.02. The second-order valence-electron chi connectivity index (χ2n) is 9.40. The molecular weight excluding hydrogens is 518 g/mol. The third-order valence-electron chi connectivity index (χ3n) is 5.50. The van der Waals surface area contributed by atoms with Gasteiger partial charge in [-0.1, -0.05) is 52.3 Å². The molecule has 0 aliphatic rings. The van der Waals surface area contributed by atoms with Gasteiger partial charge in [0.25, 0.3) is 0 Å². The second-order valence-corrected chi connectivity index (χ2v) is 12.4. The Balaban J connectivity index is 1.99. The van der Waals surface area contributed by atoms with Gasteiger partial charge in [0.1, 0.15) is 5.60 Å². The SMILES string of the molecule is CC(c1ccccc1)n1cc(CCN(C(=O)OC(C)(C)C)S(=O)(=O)N(C)C)c2ccc(Br)cc21. The van der Waals surface area contributed by atoms with Crippen molar-refractivity contribution in [3.05, 3.63) is 70.3 Å². The van der Waals surface area contributed by atoms with Crippen molar-refractivity contribution in [2.45, 2.75) is 45.8 Å². The molecule has 0 fully saturated rings. The third kappa shape index (κ3) is 5.82. The van der Waals surface area contributed by atoms with Crippen molar-refractivity contribution in [1.29, 1.82) is 0 Å². The highest BCUT2D eigenvalue weighted by Gasteiger charge is 2.33. The lowest BCUT2D eigenvalue weighted by atomic mass is 10.1. The third-order valence-corrected chi connectivity index (χ3v) is 7.80. The topological polar surface area (TPSA) is 71.8 Å². The fourth-order valence-electron chi connectivity index (χ4n) is 3.74. The first-order valence-electron chi connectivity index (χ1n) is 11.1. The van der Waals surface area contributed by atoms with E-state index in [9.17, 15) is 13.2 Å². The van der Waals surface area contributed by atoms with Crippen LogP contribution in [0.4, 0.5) is 4.79 Å². The summed E-state index contributed by atoms with van der Waals surface area (Å²) in [6, 6.07) is 16.3. The van der Waals surface area contributed by atoms with Gasteiger partial charge in [-0.3, -0.25) is 0 Å². The molecule has 1 atom stereocenters. The molecule has 0 radical (unpaired) electrons. The fraction of sp³-hybridized carbons (Fsp3) is 0.400. The summed E-state index contributed by atoms with van der Waals surface area (Å²) in [6.07, 6.45) is 1.51. The number of carbonyl (C=O) groups is 1. The molecule has 0 saturated carbocycles. The van der Waals surface area contributed by atoms with Crippen molar-refractivity contribution in [2.75, 3.05) is 20.6 Å². The molecule has 1 aromatic heterocycles.